The van der Waals surface area contributed by atoms with E-state index >= 15 is 0 Å². The average Bonchev–Trinajstić information content (AvgIpc) is 2.33. The van der Waals surface area contributed by atoms with Crippen LogP contribution < -0.4 is 11.3 Å². The van der Waals surface area contributed by atoms with Gasteiger partial charge in [-0.15, -0.1) is 0 Å². The molecule has 0 saturated heterocycles. The highest BCUT2D eigenvalue weighted by Crippen LogP contribution is 2.30. The van der Waals surface area contributed by atoms with E-state index in [0.29, 0.717) is 10.6 Å². The Bertz CT molecular complexity index is 565. The molecule has 0 amide bonds. The number of halogens is 3. The maximum Gasteiger partial charge on any atom is 0.141 e. The van der Waals surface area contributed by atoms with Crippen LogP contribution in [0, 0.1) is 5.82 Å². The number of nitrogens with zero attached hydrogens (tertiary/aromatic N) is 1. The predicted octanol–water partition coefficient (Wildman–Crippen LogP) is 3.19. The molecule has 3 nitrogen and oxygen atoms in total. The monoisotopic (exact) mass is 329 g/mol. The van der Waals surface area contributed by atoms with E-state index in [-0.39, 0.29) is 6.04 Å². The summed E-state index contributed by atoms with van der Waals surface area (Å²) in [6, 6.07) is 6.35. The van der Waals surface area contributed by atoms with E-state index in [4.69, 9.17) is 17.4 Å². The van der Waals surface area contributed by atoms with E-state index < -0.39 is 5.82 Å². The van der Waals surface area contributed by atoms with Gasteiger partial charge in [0.1, 0.15) is 5.82 Å². The van der Waals surface area contributed by atoms with E-state index in [1.807, 2.05) is 6.07 Å². The molecule has 18 heavy (non-hydrogen) atoms. The Balaban J connectivity index is 2.45. The first-order chi connectivity index (χ1) is 8.61. The third kappa shape index (κ3) is 2.87. The molecule has 94 valence electrons. The molecule has 0 spiro atoms. The van der Waals surface area contributed by atoms with Crippen LogP contribution in [0.4, 0.5) is 4.39 Å². The van der Waals surface area contributed by atoms with Gasteiger partial charge in [-0.05, 0) is 29.3 Å². The summed E-state index contributed by atoms with van der Waals surface area (Å²) >= 11 is 9.29. The minimum atomic E-state index is -0.405. The van der Waals surface area contributed by atoms with Gasteiger partial charge >= 0.3 is 0 Å². The van der Waals surface area contributed by atoms with Crippen LogP contribution in [-0.4, -0.2) is 4.98 Å². The number of nitrogens with two attached hydrogens (primary N) is 1. The zero-order chi connectivity index (χ0) is 13.1. The second kappa shape index (κ2) is 5.75. The summed E-state index contributed by atoms with van der Waals surface area (Å²) in [6.45, 7) is 0. The Morgan fingerprint density at radius 1 is 1.33 bits per heavy atom. The summed E-state index contributed by atoms with van der Waals surface area (Å²) in [5, 5.41) is 0.610. The first kappa shape index (κ1) is 13.4. The minimum absolute atomic E-state index is 0.361. The lowest BCUT2D eigenvalue weighted by Gasteiger charge is -2.18. The van der Waals surface area contributed by atoms with E-state index in [1.54, 1.807) is 18.3 Å². The highest BCUT2D eigenvalue weighted by Gasteiger charge is 2.16. The summed E-state index contributed by atoms with van der Waals surface area (Å²) < 4.78 is 14.0. The van der Waals surface area contributed by atoms with Crippen LogP contribution in [0.15, 0.2) is 41.1 Å². The molecule has 1 atom stereocenters. The van der Waals surface area contributed by atoms with Crippen molar-refractivity contribution in [1.29, 1.82) is 0 Å². The molecule has 1 aromatic heterocycles. The highest BCUT2D eigenvalue weighted by molar-refractivity contribution is 9.10. The van der Waals surface area contributed by atoms with Gasteiger partial charge in [0, 0.05) is 15.7 Å². The van der Waals surface area contributed by atoms with Crippen molar-refractivity contribution in [2.24, 2.45) is 5.84 Å². The molecule has 0 aliphatic heterocycles. The summed E-state index contributed by atoms with van der Waals surface area (Å²) in [6.07, 6.45) is 2.71. The molecule has 1 unspecified atom stereocenters. The van der Waals surface area contributed by atoms with Gasteiger partial charge < -0.3 is 0 Å². The zero-order valence-corrected chi connectivity index (χ0v) is 11.5. The van der Waals surface area contributed by atoms with Gasteiger partial charge in [-0.1, -0.05) is 33.6 Å². The second-order valence-electron chi connectivity index (χ2n) is 3.70. The van der Waals surface area contributed by atoms with Crippen molar-refractivity contribution < 1.29 is 4.39 Å². The molecule has 1 aromatic carbocycles. The molecule has 2 rings (SSSR count). The van der Waals surface area contributed by atoms with Crippen LogP contribution >= 0.6 is 27.5 Å². The zero-order valence-electron chi connectivity index (χ0n) is 9.20. The van der Waals surface area contributed by atoms with E-state index in [1.165, 1.54) is 6.07 Å². The highest BCUT2D eigenvalue weighted by atomic mass is 79.9. The second-order valence-corrected chi connectivity index (χ2v) is 4.99. The number of aromatic nitrogens is 1. The maximum absolute atomic E-state index is 13.2. The van der Waals surface area contributed by atoms with Gasteiger partial charge in [-0.3, -0.25) is 10.8 Å². The van der Waals surface area contributed by atoms with Crippen LogP contribution in [0.1, 0.15) is 17.2 Å². The molecule has 0 aliphatic carbocycles. The maximum atomic E-state index is 13.2. The fourth-order valence-corrected chi connectivity index (χ4v) is 2.60. The molecule has 0 radical (unpaired) electrons. The summed E-state index contributed by atoms with van der Waals surface area (Å²) in [5.74, 6) is 5.14. The van der Waals surface area contributed by atoms with Crippen LogP contribution in [0.3, 0.4) is 0 Å². The van der Waals surface area contributed by atoms with Crippen LogP contribution in [0.5, 0.6) is 0 Å². The Labute approximate surface area is 117 Å². The third-order valence-electron chi connectivity index (χ3n) is 2.50. The topological polar surface area (TPSA) is 50.9 Å². The van der Waals surface area contributed by atoms with Crippen LogP contribution in [0.25, 0.3) is 0 Å². The Morgan fingerprint density at radius 2 is 2.11 bits per heavy atom. The molecular weight excluding hydrogens is 321 g/mol. The largest absolute Gasteiger partial charge is 0.271 e. The van der Waals surface area contributed by atoms with Crippen molar-refractivity contribution in [3.63, 3.8) is 0 Å². The lowest BCUT2D eigenvalue weighted by molar-refractivity contribution is 0.597. The first-order valence-electron chi connectivity index (χ1n) is 5.13. The van der Waals surface area contributed by atoms with Crippen molar-refractivity contribution >= 4 is 27.5 Å². The number of hydrogen-bond acceptors (Lipinski definition) is 3. The van der Waals surface area contributed by atoms with Crippen LogP contribution in [-0.2, 0) is 0 Å². The van der Waals surface area contributed by atoms with Gasteiger partial charge in [0.2, 0.25) is 0 Å². The predicted molar refractivity (Wildman–Crippen MR) is 72.5 cm³/mol. The van der Waals surface area contributed by atoms with Crippen LogP contribution in [0.2, 0.25) is 5.02 Å². The van der Waals surface area contributed by atoms with Crippen molar-refractivity contribution in [3.8, 4) is 0 Å². The van der Waals surface area contributed by atoms with Gasteiger partial charge in [0.15, 0.2) is 0 Å². The minimum Gasteiger partial charge on any atom is -0.271 e. The van der Waals surface area contributed by atoms with Gasteiger partial charge in [-0.2, -0.15) is 0 Å². The number of rotatable bonds is 3. The lowest BCUT2D eigenvalue weighted by atomic mass is 10.0. The molecule has 6 heteroatoms. The standard InChI is InChI=1S/C12H10BrClFN3/c13-11-4-8(14)1-2-10(11)12(18-16)7-3-9(15)6-17-5-7/h1-6,12,18H,16H2. The molecule has 0 fully saturated rings. The quantitative estimate of drug-likeness (QED) is 0.671. The van der Waals surface area contributed by atoms with Crippen molar-refractivity contribution in [3.05, 3.63) is 63.1 Å². The normalized spacial score (nSPS) is 12.4. The smallest absolute Gasteiger partial charge is 0.141 e. The molecule has 1 heterocycles. The van der Waals surface area contributed by atoms with Gasteiger partial charge in [0.05, 0.1) is 12.2 Å². The van der Waals surface area contributed by atoms with Crippen molar-refractivity contribution in [1.82, 2.24) is 10.4 Å². The fourth-order valence-electron chi connectivity index (χ4n) is 1.69. The fraction of sp³-hybridized carbons (Fsp3) is 0.0833. The molecule has 0 bridgehead atoms. The molecule has 2 aromatic rings. The molecule has 3 N–H and O–H groups in total. The first-order valence-corrected chi connectivity index (χ1v) is 6.30. The number of hydrazine groups is 1. The molecule has 0 aliphatic rings. The SMILES string of the molecule is NNC(c1cncc(F)c1)c1ccc(Cl)cc1Br. The number of benzene rings is 1. The molecular formula is C12H10BrClFN3. The van der Waals surface area contributed by atoms with E-state index in [9.17, 15) is 4.39 Å². The Kier molecular flexibility index (Phi) is 4.29. The summed E-state index contributed by atoms with van der Waals surface area (Å²) in [7, 11) is 0. The Hall–Kier alpha value is -1.01. The van der Waals surface area contributed by atoms with E-state index in [2.05, 4.69) is 26.3 Å². The molecule has 0 saturated carbocycles. The Morgan fingerprint density at radius 3 is 2.72 bits per heavy atom. The third-order valence-corrected chi connectivity index (χ3v) is 3.42. The van der Waals surface area contributed by atoms with E-state index in [0.717, 1.165) is 16.2 Å². The van der Waals surface area contributed by atoms with Crippen molar-refractivity contribution in [2.45, 2.75) is 6.04 Å². The lowest BCUT2D eigenvalue weighted by Crippen LogP contribution is -2.29. The van der Waals surface area contributed by atoms with Gasteiger partial charge in [-0.25, -0.2) is 9.82 Å². The number of nitrogens with one attached hydrogen (secondary N) is 1. The van der Waals surface area contributed by atoms with Gasteiger partial charge in [0.25, 0.3) is 0 Å². The van der Waals surface area contributed by atoms with Crippen molar-refractivity contribution in [2.75, 3.05) is 0 Å². The summed E-state index contributed by atoms with van der Waals surface area (Å²) in [5.41, 5.74) is 4.14. The number of hydrogen-bond donors (Lipinski definition) is 2. The average molecular weight is 331 g/mol. The number of pyridine rings is 1. The summed E-state index contributed by atoms with van der Waals surface area (Å²) in [4.78, 5) is 3.81.